The molecule has 1 saturated carbocycles. The van der Waals surface area contributed by atoms with Gasteiger partial charge in [0.1, 0.15) is 11.6 Å². The normalized spacial score (nSPS) is 17.8. The third-order valence-electron chi connectivity index (χ3n) is 6.65. The number of halogens is 2. The van der Waals surface area contributed by atoms with Gasteiger partial charge in [0.05, 0.1) is 40.4 Å². The first kappa shape index (κ1) is 24.8. The molecule has 0 spiro atoms. The van der Waals surface area contributed by atoms with Gasteiger partial charge in [0.25, 0.3) is 5.91 Å². The van der Waals surface area contributed by atoms with E-state index < -0.39 is 17.5 Å². The summed E-state index contributed by atoms with van der Waals surface area (Å²) in [7, 11) is 0. The number of nitrogens with two attached hydrogens (primary N) is 1. The largest absolute Gasteiger partial charge is 0.350 e. The number of nitrogens with zero attached hydrogens (tertiary/aromatic N) is 4. The van der Waals surface area contributed by atoms with E-state index in [4.69, 9.17) is 5.73 Å². The first-order valence-corrected chi connectivity index (χ1v) is 12.4. The van der Waals surface area contributed by atoms with Crippen molar-refractivity contribution in [1.29, 1.82) is 0 Å². The maximum Gasteiger partial charge on any atom is 0.254 e. The van der Waals surface area contributed by atoms with Gasteiger partial charge in [-0.05, 0) is 74.9 Å². The molecule has 5 rings (SSSR count). The Morgan fingerprint density at radius 2 is 1.97 bits per heavy atom. The zero-order chi connectivity index (χ0) is 26.1. The summed E-state index contributed by atoms with van der Waals surface area (Å²) in [5.74, 6) is -1.73. The lowest BCUT2D eigenvalue weighted by molar-refractivity contribution is 0.0939. The first-order valence-electron chi connectivity index (χ1n) is 12.4. The average molecular weight is 506 g/mol. The van der Waals surface area contributed by atoms with Gasteiger partial charge in [-0.25, -0.2) is 13.8 Å². The minimum atomic E-state index is -0.970. The van der Waals surface area contributed by atoms with Crippen LogP contribution < -0.4 is 16.4 Å². The highest BCUT2D eigenvalue weighted by Crippen LogP contribution is 2.36. The van der Waals surface area contributed by atoms with E-state index in [-0.39, 0.29) is 28.9 Å². The minimum absolute atomic E-state index is 0.0346. The lowest BCUT2D eigenvalue weighted by Gasteiger charge is -2.28. The van der Waals surface area contributed by atoms with Gasteiger partial charge in [0.15, 0.2) is 0 Å². The van der Waals surface area contributed by atoms with Crippen molar-refractivity contribution in [3.63, 3.8) is 0 Å². The van der Waals surface area contributed by atoms with Crippen LogP contribution in [0.3, 0.4) is 0 Å². The predicted octanol–water partition coefficient (Wildman–Crippen LogP) is 4.94. The number of hydrogen-bond donors (Lipinski definition) is 3. The first-order chi connectivity index (χ1) is 17.8. The van der Waals surface area contributed by atoms with Gasteiger partial charge < -0.3 is 16.4 Å². The molecule has 3 heterocycles. The van der Waals surface area contributed by atoms with Gasteiger partial charge in [-0.2, -0.15) is 9.61 Å². The second kappa shape index (κ2) is 10.2. The summed E-state index contributed by atoms with van der Waals surface area (Å²) in [4.78, 5) is 21.2. The highest BCUT2D eigenvalue weighted by atomic mass is 19.1. The SMILES string of the molecule is CC(C)NC(=O)c1ccc(F)c(-c2ccc3cnc(Nc4cnccc4C4CCCC(N)C4)n3n2)c1F. The molecule has 37 heavy (non-hydrogen) atoms. The molecule has 1 aliphatic carbocycles. The van der Waals surface area contributed by atoms with Crippen molar-refractivity contribution >= 4 is 23.1 Å². The molecule has 0 aliphatic heterocycles. The number of fused-ring (bicyclic) bond motifs is 1. The van der Waals surface area contributed by atoms with Crippen molar-refractivity contribution in [2.45, 2.75) is 57.5 Å². The Morgan fingerprint density at radius 1 is 1.14 bits per heavy atom. The Balaban J connectivity index is 1.52. The van der Waals surface area contributed by atoms with Gasteiger partial charge in [0, 0.05) is 18.3 Å². The molecule has 2 unspecified atom stereocenters. The highest BCUT2D eigenvalue weighted by molar-refractivity contribution is 5.96. The van der Waals surface area contributed by atoms with Crippen LogP contribution in [-0.2, 0) is 0 Å². The van der Waals surface area contributed by atoms with E-state index in [2.05, 4.69) is 25.7 Å². The molecule has 4 aromatic rings. The van der Waals surface area contributed by atoms with Gasteiger partial charge in [-0.3, -0.25) is 9.78 Å². The highest BCUT2D eigenvalue weighted by Gasteiger charge is 2.24. The fourth-order valence-corrected chi connectivity index (χ4v) is 4.90. The standard InChI is InChI=1S/C27H29F2N7O/c1-15(2)33-26(37)20-7-8-21(28)24(25(20)29)22-9-6-18-13-32-27(36(18)35-22)34-23-14-31-11-10-19(23)16-4-3-5-17(30)12-16/h6-11,13-17H,3-5,12,30H2,1-2H3,(H,32,34)(H,33,37). The second-order valence-electron chi connectivity index (χ2n) is 9.76. The molecule has 1 aliphatic rings. The summed E-state index contributed by atoms with van der Waals surface area (Å²) in [6.45, 7) is 3.53. The molecule has 0 radical (unpaired) electrons. The molecule has 3 aromatic heterocycles. The van der Waals surface area contributed by atoms with Gasteiger partial charge in [-0.1, -0.05) is 6.42 Å². The maximum absolute atomic E-state index is 15.4. The van der Waals surface area contributed by atoms with Gasteiger partial charge in [0.2, 0.25) is 5.95 Å². The molecular weight excluding hydrogens is 476 g/mol. The Morgan fingerprint density at radius 3 is 2.76 bits per heavy atom. The summed E-state index contributed by atoms with van der Waals surface area (Å²) in [6, 6.07) is 7.34. The molecule has 2 atom stereocenters. The number of pyridine rings is 1. The molecule has 10 heteroatoms. The number of rotatable bonds is 6. The third kappa shape index (κ3) is 5.01. The molecule has 1 fully saturated rings. The number of hydrogen-bond acceptors (Lipinski definition) is 6. The number of anilines is 2. The zero-order valence-corrected chi connectivity index (χ0v) is 20.7. The van der Waals surface area contributed by atoms with Crippen LogP contribution in [0.1, 0.15) is 61.4 Å². The van der Waals surface area contributed by atoms with Crippen molar-refractivity contribution < 1.29 is 13.6 Å². The summed E-state index contributed by atoms with van der Waals surface area (Å²) in [5.41, 5.74) is 8.14. The smallest absolute Gasteiger partial charge is 0.254 e. The Labute approximate surface area is 213 Å². The topological polar surface area (TPSA) is 110 Å². The van der Waals surface area contributed by atoms with Crippen LogP contribution in [-0.4, -0.2) is 37.6 Å². The van der Waals surface area contributed by atoms with Crippen LogP contribution in [0, 0.1) is 11.6 Å². The van der Waals surface area contributed by atoms with Crippen molar-refractivity contribution in [2.75, 3.05) is 5.32 Å². The van der Waals surface area contributed by atoms with E-state index in [0.717, 1.165) is 49.1 Å². The molecule has 1 aromatic carbocycles. The van der Waals surface area contributed by atoms with Crippen LogP contribution in [0.5, 0.6) is 0 Å². The number of aromatic nitrogens is 4. The fraction of sp³-hybridized carbons (Fsp3) is 0.333. The van der Waals surface area contributed by atoms with Gasteiger partial charge in [-0.15, -0.1) is 0 Å². The molecule has 0 bridgehead atoms. The lowest BCUT2D eigenvalue weighted by atomic mass is 9.81. The van der Waals surface area contributed by atoms with E-state index in [1.54, 1.807) is 38.5 Å². The number of carbonyl (C=O) groups excluding carboxylic acids is 1. The second-order valence-corrected chi connectivity index (χ2v) is 9.76. The molecular formula is C27H29F2N7O. The van der Waals surface area contributed by atoms with E-state index >= 15 is 4.39 Å². The van der Waals surface area contributed by atoms with E-state index in [1.807, 2.05) is 6.07 Å². The Hall–Kier alpha value is -3.92. The number of imidazole rings is 1. The minimum Gasteiger partial charge on any atom is -0.350 e. The van der Waals surface area contributed by atoms with E-state index in [1.165, 1.54) is 10.6 Å². The van der Waals surface area contributed by atoms with Crippen molar-refractivity contribution in [3.05, 3.63) is 71.7 Å². The quantitative estimate of drug-likeness (QED) is 0.343. The lowest BCUT2D eigenvalue weighted by Crippen LogP contribution is -2.31. The zero-order valence-electron chi connectivity index (χ0n) is 20.7. The monoisotopic (exact) mass is 505 g/mol. The van der Waals surface area contributed by atoms with Crippen molar-refractivity contribution in [3.8, 4) is 11.3 Å². The van der Waals surface area contributed by atoms with Crippen LogP contribution in [0.4, 0.5) is 20.4 Å². The molecule has 4 N–H and O–H groups in total. The molecule has 0 saturated heterocycles. The predicted molar refractivity (Wildman–Crippen MR) is 138 cm³/mol. The summed E-state index contributed by atoms with van der Waals surface area (Å²) < 4.78 is 31.7. The van der Waals surface area contributed by atoms with Crippen LogP contribution in [0.2, 0.25) is 0 Å². The molecule has 1 amide bonds. The third-order valence-corrected chi connectivity index (χ3v) is 6.65. The van der Waals surface area contributed by atoms with Crippen molar-refractivity contribution in [1.82, 2.24) is 24.9 Å². The van der Waals surface area contributed by atoms with Crippen molar-refractivity contribution in [2.24, 2.45) is 5.73 Å². The van der Waals surface area contributed by atoms with Crippen LogP contribution in [0.25, 0.3) is 16.8 Å². The summed E-state index contributed by atoms with van der Waals surface area (Å²) in [5, 5.41) is 10.4. The van der Waals surface area contributed by atoms with E-state index in [0.29, 0.717) is 17.4 Å². The maximum atomic E-state index is 15.4. The molecule has 8 nitrogen and oxygen atoms in total. The number of nitrogens with one attached hydrogen (secondary N) is 2. The van der Waals surface area contributed by atoms with E-state index in [9.17, 15) is 9.18 Å². The summed E-state index contributed by atoms with van der Waals surface area (Å²) in [6.07, 6.45) is 9.13. The van der Waals surface area contributed by atoms with Gasteiger partial charge >= 0.3 is 0 Å². The number of carbonyl (C=O) groups is 1. The Bertz CT molecular complexity index is 1450. The number of benzene rings is 1. The summed E-state index contributed by atoms with van der Waals surface area (Å²) >= 11 is 0. The average Bonchev–Trinajstić information content (AvgIpc) is 3.26. The van der Waals surface area contributed by atoms with Crippen LogP contribution in [0.15, 0.2) is 48.9 Å². The number of amides is 1. The fourth-order valence-electron chi connectivity index (χ4n) is 4.90. The molecule has 192 valence electrons. The van der Waals surface area contributed by atoms with Crippen LogP contribution >= 0.6 is 0 Å². The Kier molecular flexibility index (Phi) is 6.84.